The van der Waals surface area contributed by atoms with Crippen molar-refractivity contribution in [3.05, 3.63) is 89.6 Å². The van der Waals surface area contributed by atoms with Crippen LogP contribution in [0.2, 0.25) is 0 Å². The first-order valence-corrected chi connectivity index (χ1v) is 16.7. The van der Waals surface area contributed by atoms with E-state index in [-0.39, 0.29) is 36.3 Å². The highest BCUT2D eigenvalue weighted by atomic mass is 32.2. The van der Waals surface area contributed by atoms with Gasteiger partial charge >= 0.3 is 6.03 Å². The summed E-state index contributed by atoms with van der Waals surface area (Å²) < 4.78 is 13.3. The molecule has 1 aliphatic heterocycles. The molecule has 43 heavy (non-hydrogen) atoms. The van der Waals surface area contributed by atoms with Gasteiger partial charge in [-0.1, -0.05) is 49.4 Å². The van der Waals surface area contributed by atoms with Gasteiger partial charge < -0.3 is 25.2 Å². The van der Waals surface area contributed by atoms with Crippen LogP contribution in [0.4, 0.5) is 10.5 Å². The molecule has 4 bridgehead atoms. The van der Waals surface area contributed by atoms with E-state index >= 15 is 0 Å². The van der Waals surface area contributed by atoms with Crippen LogP contribution in [0.3, 0.4) is 0 Å². The van der Waals surface area contributed by atoms with Gasteiger partial charge in [-0.25, -0.2) is 9.78 Å². The molecule has 7 nitrogen and oxygen atoms in total. The summed E-state index contributed by atoms with van der Waals surface area (Å²) in [6, 6.07) is 21.6. The van der Waals surface area contributed by atoms with Crippen LogP contribution in [0.25, 0.3) is 0 Å². The Morgan fingerprint density at radius 2 is 1.70 bits per heavy atom. The van der Waals surface area contributed by atoms with E-state index in [1.165, 1.54) is 19.3 Å². The van der Waals surface area contributed by atoms with Crippen LogP contribution >= 0.6 is 11.8 Å². The van der Waals surface area contributed by atoms with Crippen molar-refractivity contribution in [2.24, 2.45) is 23.7 Å². The Balaban J connectivity index is 1.07. The molecular weight excluding hydrogens is 558 g/mol. The number of rotatable bonds is 8. The van der Waals surface area contributed by atoms with Gasteiger partial charge in [-0.05, 0) is 91.7 Å². The fourth-order valence-corrected chi connectivity index (χ4v) is 9.37. The predicted octanol–water partition coefficient (Wildman–Crippen LogP) is 7.25. The second-order valence-corrected chi connectivity index (χ2v) is 14.2. The van der Waals surface area contributed by atoms with E-state index in [1.54, 1.807) is 11.8 Å². The average Bonchev–Trinajstić information content (AvgIpc) is 3.00. The van der Waals surface area contributed by atoms with E-state index < -0.39 is 6.29 Å². The summed E-state index contributed by atoms with van der Waals surface area (Å²) in [4.78, 5) is 17.8. The summed E-state index contributed by atoms with van der Waals surface area (Å²) in [5.74, 6) is 3.13. The van der Waals surface area contributed by atoms with E-state index in [0.717, 1.165) is 70.2 Å². The number of aliphatic hydroxyl groups excluding tert-OH is 1. The number of ether oxygens (including phenoxy) is 2. The zero-order valence-corrected chi connectivity index (χ0v) is 25.5. The van der Waals surface area contributed by atoms with Crippen LogP contribution in [0.15, 0.2) is 78.0 Å². The van der Waals surface area contributed by atoms with Gasteiger partial charge in [0.1, 0.15) is 0 Å². The molecule has 2 heterocycles. The molecule has 0 spiro atoms. The third kappa shape index (κ3) is 6.34. The average molecular weight is 600 g/mol. The Morgan fingerprint density at radius 1 is 0.953 bits per heavy atom. The molecule has 1 aromatic heterocycles. The number of amides is 2. The number of pyridine rings is 1. The van der Waals surface area contributed by atoms with Crippen molar-refractivity contribution < 1.29 is 19.4 Å². The minimum Gasteiger partial charge on any atom is -0.392 e. The zero-order chi connectivity index (χ0) is 29.4. The molecule has 5 fully saturated rings. The third-order valence-corrected chi connectivity index (χ3v) is 11.0. The number of carbonyl (C=O) groups is 1. The number of carbonyl (C=O) groups excluding carboxylic acids is 1. The van der Waals surface area contributed by atoms with E-state index in [9.17, 15) is 9.90 Å². The summed E-state index contributed by atoms with van der Waals surface area (Å²) in [5.41, 5.74) is 3.47. The largest absolute Gasteiger partial charge is 0.392 e. The lowest BCUT2D eigenvalue weighted by Gasteiger charge is -2.56. The molecule has 3 N–H and O–H groups in total. The lowest BCUT2D eigenvalue weighted by Crippen LogP contribution is -2.60. The highest BCUT2D eigenvalue weighted by Gasteiger charge is 2.51. The first-order valence-electron chi connectivity index (χ1n) is 15.7. The van der Waals surface area contributed by atoms with E-state index in [0.29, 0.717) is 0 Å². The number of thioether (sulfide) groups is 1. The normalized spacial score (nSPS) is 32.8. The molecule has 1 saturated heterocycles. The fraction of sp³-hybridized carbons (Fsp3) is 0.486. The molecule has 0 unspecified atom stereocenters. The Kier molecular flexibility index (Phi) is 8.20. The first kappa shape index (κ1) is 28.8. The van der Waals surface area contributed by atoms with Gasteiger partial charge in [-0.15, -0.1) is 11.8 Å². The van der Waals surface area contributed by atoms with E-state index in [1.807, 2.05) is 72.9 Å². The maximum Gasteiger partial charge on any atom is 0.319 e. The summed E-state index contributed by atoms with van der Waals surface area (Å²) in [6.07, 6.45) is 8.31. The van der Waals surface area contributed by atoms with Crippen LogP contribution < -0.4 is 10.6 Å². The molecule has 4 aliphatic carbocycles. The minimum atomic E-state index is -0.596. The molecule has 0 radical (unpaired) electrons. The van der Waals surface area contributed by atoms with Crippen LogP contribution in [0, 0.1) is 23.7 Å². The molecule has 2 aromatic carbocycles. The standard InChI is InChI=1S/C35H41N3O4S/c1-22-30(21-43-31-7-2-3-12-36-31)41-33(42-32(22)27-10-8-23(20-39)9-11-27)28-5-4-6-29(16-28)37-34(40)38-35-17-24-13-25(18-35)15-26(14-24)19-35/h2-12,16,22,24-26,30,32-33,39H,13-15,17-21H2,1H3,(H2,37,38,40)/t22-,24?,25?,26?,30+,32+,33+,35?/m1/s1. The second kappa shape index (κ2) is 12.2. The van der Waals surface area contributed by atoms with Crippen molar-refractivity contribution in [3.63, 3.8) is 0 Å². The fourth-order valence-electron chi connectivity index (χ4n) is 8.34. The number of nitrogens with zero attached hydrogens (tertiary/aromatic N) is 1. The molecule has 226 valence electrons. The minimum absolute atomic E-state index is 0.00661. The number of benzene rings is 2. The molecule has 4 atom stereocenters. The van der Waals surface area contributed by atoms with Gasteiger partial charge in [-0.2, -0.15) is 0 Å². The van der Waals surface area contributed by atoms with Crippen molar-refractivity contribution in [1.29, 1.82) is 0 Å². The van der Waals surface area contributed by atoms with Crippen molar-refractivity contribution in [2.45, 2.75) is 81.1 Å². The van der Waals surface area contributed by atoms with Crippen molar-refractivity contribution >= 4 is 23.5 Å². The molecule has 8 rings (SSSR count). The van der Waals surface area contributed by atoms with E-state index in [4.69, 9.17) is 9.47 Å². The molecule has 2 amide bonds. The third-order valence-electron chi connectivity index (χ3n) is 9.99. The maximum atomic E-state index is 13.3. The highest BCUT2D eigenvalue weighted by Crippen LogP contribution is 2.55. The van der Waals surface area contributed by atoms with E-state index in [2.05, 4.69) is 22.5 Å². The smallest absolute Gasteiger partial charge is 0.319 e. The van der Waals surface area contributed by atoms with Gasteiger partial charge in [0.2, 0.25) is 0 Å². The number of aromatic nitrogens is 1. The summed E-state index contributed by atoms with van der Waals surface area (Å²) in [7, 11) is 0. The van der Waals surface area contributed by atoms with Crippen molar-refractivity contribution in [3.8, 4) is 0 Å². The summed E-state index contributed by atoms with van der Waals surface area (Å²) in [6.45, 7) is 2.17. The topological polar surface area (TPSA) is 92.7 Å². The molecule has 4 saturated carbocycles. The second-order valence-electron chi connectivity index (χ2n) is 13.2. The number of hydrogen-bond donors (Lipinski definition) is 3. The van der Waals surface area contributed by atoms with Crippen LogP contribution in [-0.2, 0) is 16.1 Å². The predicted molar refractivity (Wildman–Crippen MR) is 167 cm³/mol. The Labute approximate surface area is 258 Å². The van der Waals surface area contributed by atoms with Gasteiger partial charge in [-0.3, -0.25) is 0 Å². The van der Waals surface area contributed by atoms with Crippen LogP contribution in [0.1, 0.15) is 74.5 Å². The number of hydrogen-bond acceptors (Lipinski definition) is 6. The Bertz CT molecular complexity index is 1380. The summed E-state index contributed by atoms with van der Waals surface area (Å²) in [5, 5.41) is 17.0. The molecule has 8 heteroatoms. The number of anilines is 1. The van der Waals surface area contributed by atoms with Gasteiger partial charge in [0.25, 0.3) is 0 Å². The van der Waals surface area contributed by atoms with Crippen molar-refractivity contribution in [1.82, 2.24) is 10.3 Å². The van der Waals surface area contributed by atoms with Crippen LogP contribution in [0.5, 0.6) is 0 Å². The molecule has 5 aliphatic rings. The van der Waals surface area contributed by atoms with Gasteiger partial charge in [0.05, 0.1) is 23.8 Å². The lowest BCUT2D eigenvalue weighted by molar-refractivity contribution is -0.268. The zero-order valence-electron chi connectivity index (χ0n) is 24.7. The number of urea groups is 1. The quantitative estimate of drug-likeness (QED) is 0.236. The molecule has 3 aromatic rings. The van der Waals surface area contributed by atoms with Crippen LogP contribution in [-0.4, -0.2) is 33.5 Å². The number of nitrogens with one attached hydrogen (secondary N) is 2. The number of aliphatic hydroxyl groups is 1. The summed E-state index contributed by atoms with van der Waals surface area (Å²) >= 11 is 1.68. The van der Waals surface area contributed by atoms with Gasteiger partial charge in [0, 0.05) is 34.7 Å². The SMILES string of the molecule is C[C@@H]1[C@H](CSc2ccccn2)O[C@H](c2cccc(NC(=O)NC34CC5CC(CC(C5)C3)C4)c2)O[C@@H]1c1ccc(CO)cc1. The first-order chi connectivity index (χ1) is 20.9. The lowest BCUT2D eigenvalue weighted by atomic mass is 9.53. The maximum absolute atomic E-state index is 13.3. The highest BCUT2D eigenvalue weighted by molar-refractivity contribution is 7.99. The Morgan fingerprint density at radius 3 is 2.37 bits per heavy atom. The molecular formula is C35H41N3O4S. The monoisotopic (exact) mass is 599 g/mol. The van der Waals surface area contributed by atoms with Gasteiger partial charge in [0.15, 0.2) is 6.29 Å². The van der Waals surface area contributed by atoms with Crippen molar-refractivity contribution in [2.75, 3.05) is 11.1 Å². The Hall–Kier alpha value is -2.91.